The lowest BCUT2D eigenvalue weighted by atomic mass is 10.3. The van der Waals surface area contributed by atoms with E-state index in [1.54, 1.807) is 18.3 Å². The molecule has 1 amide bonds. The Morgan fingerprint density at radius 1 is 1.26 bits per heavy atom. The van der Waals surface area contributed by atoms with Crippen LogP contribution in [0.15, 0.2) is 40.9 Å². The van der Waals surface area contributed by atoms with Crippen LogP contribution in [0.25, 0.3) is 10.7 Å². The molecule has 5 nitrogen and oxygen atoms in total. The lowest BCUT2D eigenvalue weighted by molar-refractivity contribution is -0.115. The predicted octanol–water partition coefficient (Wildman–Crippen LogP) is 4.74. The molecule has 1 aliphatic rings. The molecule has 0 aliphatic heterocycles. The third-order valence-electron chi connectivity index (χ3n) is 4.18. The maximum absolute atomic E-state index is 13.8. The molecule has 1 aromatic carbocycles. The minimum atomic E-state index is -0.804. The second-order valence-corrected chi connectivity index (χ2v) is 8.49. The highest BCUT2D eigenvalue weighted by atomic mass is 32.2. The van der Waals surface area contributed by atoms with Gasteiger partial charge in [0.2, 0.25) is 5.91 Å². The number of carbonyl (C=O) groups is 1. The van der Waals surface area contributed by atoms with Gasteiger partial charge in [-0.2, -0.15) is 0 Å². The van der Waals surface area contributed by atoms with Crippen molar-refractivity contribution in [2.75, 3.05) is 5.32 Å². The van der Waals surface area contributed by atoms with Crippen molar-refractivity contribution in [2.45, 2.75) is 36.2 Å². The molecule has 2 heterocycles. The standard InChI is InChI=1S/C18H16F2N4OS2/c1-10(17(25)21-15-12(19)4-2-5-13(15)20)27-18-23-22-16(14-6-3-9-26-14)24(18)11-7-8-11/h2-6,9-11H,7-8H2,1H3,(H,21,25)/t10-/m0/s1. The number of nitrogens with one attached hydrogen (secondary N) is 1. The highest BCUT2D eigenvalue weighted by molar-refractivity contribution is 8.00. The zero-order chi connectivity index (χ0) is 19.0. The van der Waals surface area contributed by atoms with Gasteiger partial charge in [0.25, 0.3) is 0 Å². The zero-order valence-corrected chi connectivity index (χ0v) is 16.0. The first kappa shape index (κ1) is 18.1. The minimum absolute atomic E-state index is 0.332. The van der Waals surface area contributed by atoms with Crippen LogP contribution in [0.3, 0.4) is 0 Å². The number of amides is 1. The van der Waals surface area contributed by atoms with Gasteiger partial charge in [-0.25, -0.2) is 8.78 Å². The molecule has 0 radical (unpaired) electrons. The normalized spacial score (nSPS) is 14.9. The molecule has 1 atom stereocenters. The number of hydrogen-bond acceptors (Lipinski definition) is 5. The Bertz CT molecular complexity index is 950. The topological polar surface area (TPSA) is 59.8 Å². The van der Waals surface area contributed by atoms with Gasteiger partial charge < -0.3 is 5.32 Å². The summed E-state index contributed by atoms with van der Waals surface area (Å²) in [5, 5.41) is 12.9. The lowest BCUT2D eigenvalue weighted by Gasteiger charge is -2.14. The summed E-state index contributed by atoms with van der Waals surface area (Å²) in [4.78, 5) is 13.5. The van der Waals surface area contributed by atoms with E-state index in [1.807, 2.05) is 17.5 Å². The molecule has 0 spiro atoms. The van der Waals surface area contributed by atoms with Gasteiger partial charge in [0.15, 0.2) is 11.0 Å². The molecular formula is C18H16F2N4OS2. The van der Waals surface area contributed by atoms with Crippen molar-refractivity contribution in [2.24, 2.45) is 0 Å². The number of thioether (sulfide) groups is 1. The molecule has 1 fully saturated rings. The van der Waals surface area contributed by atoms with Crippen molar-refractivity contribution in [3.05, 3.63) is 47.3 Å². The molecule has 1 aliphatic carbocycles. The molecule has 3 aromatic rings. The van der Waals surface area contributed by atoms with E-state index >= 15 is 0 Å². The lowest BCUT2D eigenvalue weighted by Crippen LogP contribution is -2.24. The van der Waals surface area contributed by atoms with Gasteiger partial charge in [-0.15, -0.1) is 21.5 Å². The van der Waals surface area contributed by atoms with Gasteiger partial charge in [0, 0.05) is 6.04 Å². The molecular weight excluding hydrogens is 390 g/mol. The average molecular weight is 406 g/mol. The van der Waals surface area contributed by atoms with Crippen molar-refractivity contribution in [3.8, 4) is 10.7 Å². The third kappa shape index (κ3) is 3.74. The molecule has 1 N–H and O–H groups in total. The van der Waals surface area contributed by atoms with Crippen molar-refractivity contribution in [1.29, 1.82) is 0 Å². The van der Waals surface area contributed by atoms with E-state index in [4.69, 9.17) is 0 Å². The number of thiophene rings is 1. The molecule has 27 heavy (non-hydrogen) atoms. The molecule has 9 heteroatoms. The van der Waals surface area contributed by atoms with Crippen LogP contribution in [-0.4, -0.2) is 25.9 Å². The van der Waals surface area contributed by atoms with Crippen LogP contribution in [0.1, 0.15) is 25.8 Å². The number of halogens is 2. The van der Waals surface area contributed by atoms with Crippen LogP contribution in [0.5, 0.6) is 0 Å². The van der Waals surface area contributed by atoms with Crippen molar-refractivity contribution in [3.63, 3.8) is 0 Å². The number of nitrogens with zero attached hydrogens (tertiary/aromatic N) is 3. The molecule has 0 bridgehead atoms. The zero-order valence-electron chi connectivity index (χ0n) is 14.4. The van der Waals surface area contributed by atoms with E-state index in [0.29, 0.717) is 11.2 Å². The fourth-order valence-electron chi connectivity index (χ4n) is 2.65. The Morgan fingerprint density at radius 2 is 2.00 bits per heavy atom. The summed E-state index contributed by atoms with van der Waals surface area (Å²) in [6.45, 7) is 1.68. The Morgan fingerprint density at radius 3 is 2.63 bits per heavy atom. The number of para-hydroxylation sites is 1. The molecule has 2 aromatic heterocycles. The summed E-state index contributed by atoms with van der Waals surface area (Å²) in [5.74, 6) is -1.31. The highest BCUT2D eigenvalue weighted by Gasteiger charge is 2.32. The SMILES string of the molecule is C[C@H](Sc1nnc(-c2cccs2)n1C1CC1)C(=O)Nc1c(F)cccc1F. The highest BCUT2D eigenvalue weighted by Crippen LogP contribution is 2.42. The van der Waals surface area contributed by atoms with Crippen LogP contribution >= 0.6 is 23.1 Å². The molecule has 0 saturated heterocycles. The molecule has 140 valence electrons. The van der Waals surface area contributed by atoms with E-state index in [-0.39, 0.29) is 0 Å². The third-order valence-corrected chi connectivity index (χ3v) is 6.10. The van der Waals surface area contributed by atoms with Crippen molar-refractivity contribution in [1.82, 2.24) is 14.8 Å². The maximum Gasteiger partial charge on any atom is 0.237 e. The first-order valence-electron chi connectivity index (χ1n) is 8.45. The Kier molecular flexibility index (Phi) is 4.96. The summed E-state index contributed by atoms with van der Waals surface area (Å²) in [7, 11) is 0. The van der Waals surface area contributed by atoms with Gasteiger partial charge in [-0.1, -0.05) is 23.9 Å². The van der Waals surface area contributed by atoms with Gasteiger partial charge in [-0.05, 0) is 43.3 Å². The Balaban J connectivity index is 1.53. The first-order chi connectivity index (χ1) is 13.0. The quantitative estimate of drug-likeness (QED) is 0.601. The van der Waals surface area contributed by atoms with Crippen molar-refractivity contribution < 1.29 is 13.6 Å². The fourth-order valence-corrected chi connectivity index (χ4v) is 4.27. The van der Waals surface area contributed by atoms with Crippen molar-refractivity contribution >= 4 is 34.7 Å². The van der Waals surface area contributed by atoms with Crippen LogP contribution in [0, 0.1) is 11.6 Å². The summed E-state index contributed by atoms with van der Waals surface area (Å²) in [5.41, 5.74) is -0.433. The monoisotopic (exact) mass is 406 g/mol. The Hall–Kier alpha value is -2.26. The van der Waals surface area contributed by atoms with E-state index in [9.17, 15) is 13.6 Å². The van der Waals surface area contributed by atoms with Crippen LogP contribution < -0.4 is 5.32 Å². The summed E-state index contributed by atoms with van der Waals surface area (Å²) < 4.78 is 29.6. The Labute approximate surface area is 162 Å². The van der Waals surface area contributed by atoms with Gasteiger partial charge in [0.1, 0.15) is 17.3 Å². The van der Waals surface area contributed by atoms with Crippen LogP contribution in [-0.2, 0) is 4.79 Å². The van der Waals surface area contributed by atoms with E-state index in [0.717, 1.165) is 35.7 Å². The number of benzene rings is 1. The largest absolute Gasteiger partial charge is 0.320 e. The fraction of sp³-hybridized carbons (Fsp3) is 0.278. The second-order valence-electron chi connectivity index (χ2n) is 6.23. The first-order valence-corrected chi connectivity index (χ1v) is 10.2. The van der Waals surface area contributed by atoms with Gasteiger partial charge in [0.05, 0.1) is 10.1 Å². The minimum Gasteiger partial charge on any atom is -0.320 e. The number of aromatic nitrogens is 3. The average Bonchev–Trinajstić information content (AvgIpc) is 3.17. The maximum atomic E-state index is 13.8. The van der Waals surface area contributed by atoms with E-state index in [1.165, 1.54) is 17.8 Å². The van der Waals surface area contributed by atoms with Crippen LogP contribution in [0.2, 0.25) is 0 Å². The molecule has 0 unspecified atom stereocenters. The number of hydrogen-bond donors (Lipinski definition) is 1. The smallest absolute Gasteiger partial charge is 0.237 e. The second kappa shape index (κ2) is 7.40. The number of anilines is 1. The molecule has 1 saturated carbocycles. The number of rotatable bonds is 6. The number of carbonyl (C=O) groups excluding carboxylic acids is 1. The van der Waals surface area contributed by atoms with Gasteiger partial charge >= 0.3 is 0 Å². The van der Waals surface area contributed by atoms with Crippen LogP contribution in [0.4, 0.5) is 14.5 Å². The van der Waals surface area contributed by atoms with E-state index < -0.39 is 28.5 Å². The summed E-state index contributed by atoms with van der Waals surface area (Å²) >= 11 is 2.82. The van der Waals surface area contributed by atoms with E-state index in [2.05, 4.69) is 20.1 Å². The molecule has 4 rings (SSSR count). The van der Waals surface area contributed by atoms with Gasteiger partial charge in [-0.3, -0.25) is 9.36 Å². The predicted molar refractivity (Wildman–Crippen MR) is 102 cm³/mol. The summed E-state index contributed by atoms with van der Waals surface area (Å²) in [6, 6.07) is 7.74. The summed E-state index contributed by atoms with van der Waals surface area (Å²) in [6.07, 6.45) is 2.09.